The zero-order chi connectivity index (χ0) is 20.0. The Morgan fingerprint density at radius 1 is 1.31 bits per heavy atom. The Hall–Kier alpha value is -2.71. The zero-order valence-electron chi connectivity index (χ0n) is 15.6. The highest BCUT2D eigenvalue weighted by Gasteiger charge is 2.30. The van der Waals surface area contributed by atoms with Gasteiger partial charge in [0, 0.05) is 12.1 Å². The van der Waals surface area contributed by atoms with Gasteiger partial charge in [-0.2, -0.15) is 5.10 Å². The topological polar surface area (TPSA) is 74.0 Å². The van der Waals surface area contributed by atoms with E-state index in [0.717, 1.165) is 37.1 Å². The minimum absolute atomic E-state index is 0.175. The van der Waals surface area contributed by atoms with Gasteiger partial charge in [-0.25, -0.2) is 14.1 Å². The first kappa shape index (κ1) is 18.3. The summed E-state index contributed by atoms with van der Waals surface area (Å²) in [6, 6.07) is 4.09. The number of benzene rings is 1. The summed E-state index contributed by atoms with van der Waals surface area (Å²) < 4.78 is 23.5. The van der Waals surface area contributed by atoms with Crippen molar-refractivity contribution in [1.29, 1.82) is 0 Å². The second-order valence-corrected chi connectivity index (χ2v) is 7.67. The first-order valence-corrected chi connectivity index (χ1v) is 9.95. The summed E-state index contributed by atoms with van der Waals surface area (Å²) >= 11 is 6.20. The van der Waals surface area contributed by atoms with Crippen LogP contribution in [0.4, 0.5) is 4.39 Å². The second-order valence-electron chi connectivity index (χ2n) is 7.26. The van der Waals surface area contributed by atoms with Gasteiger partial charge in [-0.3, -0.25) is 4.79 Å². The van der Waals surface area contributed by atoms with Crippen LogP contribution in [-0.4, -0.2) is 31.8 Å². The van der Waals surface area contributed by atoms with E-state index in [-0.39, 0.29) is 23.2 Å². The molecule has 0 bridgehead atoms. The second kappa shape index (κ2) is 7.27. The van der Waals surface area contributed by atoms with E-state index in [0.29, 0.717) is 18.0 Å². The van der Waals surface area contributed by atoms with E-state index in [1.54, 1.807) is 24.7 Å². The fraction of sp³-hybridized carbons (Fsp3) is 0.350. The van der Waals surface area contributed by atoms with Gasteiger partial charge in [0.25, 0.3) is 5.91 Å². The van der Waals surface area contributed by atoms with Crippen molar-refractivity contribution in [2.45, 2.75) is 38.5 Å². The van der Waals surface area contributed by atoms with Crippen molar-refractivity contribution in [3.63, 3.8) is 0 Å². The van der Waals surface area contributed by atoms with Gasteiger partial charge in [-0.15, -0.1) is 0 Å². The molecule has 0 spiro atoms. The van der Waals surface area contributed by atoms with Crippen LogP contribution >= 0.6 is 11.6 Å². The molecule has 1 amide bonds. The maximum atomic E-state index is 14.4. The Balaban J connectivity index is 1.44. The lowest BCUT2D eigenvalue weighted by Gasteiger charge is -2.25. The largest absolute Gasteiger partial charge is 0.373 e. The van der Waals surface area contributed by atoms with Crippen molar-refractivity contribution in [2.24, 2.45) is 0 Å². The molecule has 0 saturated heterocycles. The van der Waals surface area contributed by atoms with Crippen LogP contribution in [0.5, 0.6) is 0 Å². The number of hydrogen-bond acceptors (Lipinski definition) is 4. The molecular weight excluding hydrogens is 397 g/mol. The zero-order valence-corrected chi connectivity index (χ0v) is 16.3. The first-order chi connectivity index (χ1) is 14.1. The van der Waals surface area contributed by atoms with Gasteiger partial charge in [0.15, 0.2) is 0 Å². The molecule has 3 aromatic rings. The highest BCUT2D eigenvalue weighted by Crippen LogP contribution is 2.31. The van der Waals surface area contributed by atoms with Crippen LogP contribution in [0.1, 0.15) is 46.3 Å². The summed E-state index contributed by atoms with van der Waals surface area (Å²) in [7, 11) is 0. The molecule has 29 heavy (non-hydrogen) atoms. The van der Waals surface area contributed by atoms with E-state index < -0.39 is 11.9 Å². The Labute approximate surface area is 171 Å². The molecule has 0 fully saturated rings. The monoisotopic (exact) mass is 415 g/mol. The van der Waals surface area contributed by atoms with Crippen LogP contribution in [0.15, 0.2) is 30.7 Å². The molecule has 4 heterocycles. The first-order valence-electron chi connectivity index (χ1n) is 9.57. The Bertz CT molecular complexity index is 1070. The molecule has 1 N–H and O–H groups in total. The number of nitrogens with one attached hydrogen (secondary N) is 1. The number of rotatable bonds is 3. The molecule has 1 aromatic carbocycles. The number of fused-ring (bicyclic) bond motifs is 2. The van der Waals surface area contributed by atoms with Crippen LogP contribution < -0.4 is 5.32 Å². The number of carbonyl (C=O) groups is 1. The van der Waals surface area contributed by atoms with Gasteiger partial charge in [0.05, 0.1) is 48.2 Å². The van der Waals surface area contributed by atoms with E-state index in [1.165, 1.54) is 10.7 Å². The Morgan fingerprint density at radius 3 is 3.07 bits per heavy atom. The quantitative estimate of drug-likeness (QED) is 0.713. The maximum absolute atomic E-state index is 14.4. The third-order valence-electron chi connectivity index (χ3n) is 5.48. The van der Waals surface area contributed by atoms with E-state index in [9.17, 15) is 9.18 Å². The lowest BCUT2D eigenvalue weighted by molar-refractivity contribution is 0.0683. The van der Waals surface area contributed by atoms with Crippen molar-refractivity contribution in [2.75, 3.05) is 6.61 Å². The number of aryl methyl sites for hydroxylation is 1. The molecule has 1 atom stereocenters. The molecule has 0 radical (unpaired) electrons. The molecular formula is C20H19ClFN5O2. The SMILES string of the molecule is O=C(N[C@H]1COCc2c1cnn2-c1c(F)cccc1Cl)c1ncn2c1CCCC2. The fourth-order valence-electron chi connectivity index (χ4n) is 4.04. The van der Waals surface area contributed by atoms with E-state index in [1.807, 2.05) is 4.57 Å². The van der Waals surface area contributed by atoms with E-state index in [2.05, 4.69) is 15.4 Å². The molecule has 0 aliphatic carbocycles. The molecule has 5 rings (SSSR count). The van der Waals surface area contributed by atoms with Gasteiger partial charge in [0.1, 0.15) is 17.2 Å². The van der Waals surface area contributed by atoms with Crippen molar-refractivity contribution >= 4 is 17.5 Å². The minimum Gasteiger partial charge on any atom is -0.373 e. The number of para-hydroxylation sites is 1. The highest BCUT2D eigenvalue weighted by atomic mass is 35.5. The smallest absolute Gasteiger partial charge is 0.272 e. The summed E-state index contributed by atoms with van der Waals surface area (Å²) in [5.41, 5.74) is 3.06. The fourth-order valence-corrected chi connectivity index (χ4v) is 4.28. The predicted molar refractivity (Wildman–Crippen MR) is 104 cm³/mol. The van der Waals surface area contributed by atoms with Crippen LogP contribution in [0.3, 0.4) is 0 Å². The van der Waals surface area contributed by atoms with E-state index in [4.69, 9.17) is 16.3 Å². The summed E-state index contributed by atoms with van der Waals surface area (Å²) in [6.45, 7) is 1.46. The molecule has 0 saturated carbocycles. The van der Waals surface area contributed by atoms with Gasteiger partial charge < -0.3 is 14.6 Å². The summed E-state index contributed by atoms with van der Waals surface area (Å²) in [6.07, 6.45) is 6.36. The predicted octanol–water partition coefficient (Wildman–Crippen LogP) is 3.20. The number of carbonyl (C=O) groups excluding carboxylic acids is 1. The number of aromatic nitrogens is 4. The third kappa shape index (κ3) is 3.12. The Morgan fingerprint density at radius 2 is 2.21 bits per heavy atom. The lowest BCUT2D eigenvalue weighted by atomic mass is 10.0. The van der Waals surface area contributed by atoms with Crippen molar-refractivity contribution in [3.8, 4) is 5.69 Å². The van der Waals surface area contributed by atoms with Crippen LogP contribution in [0, 0.1) is 5.82 Å². The number of halogens is 2. The summed E-state index contributed by atoms with van der Waals surface area (Å²) in [4.78, 5) is 17.2. The van der Waals surface area contributed by atoms with Crippen LogP contribution in [0.2, 0.25) is 5.02 Å². The number of hydrogen-bond donors (Lipinski definition) is 1. The molecule has 2 aliphatic heterocycles. The van der Waals surface area contributed by atoms with Crippen molar-refractivity contribution < 1.29 is 13.9 Å². The summed E-state index contributed by atoms with van der Waals surface area (Å²) in [5, 5.41) is 7.58. The maximum Gasteiger partial charge on any atom is 0.272 e. The minimum atomic E-state index is -0.473. The highest BCUT2D eigenvalue weighted by molar-refractivity contribution is 6.32. The number of ether oxygens (including phenoxy) is 1. The average Bonchev–Trinajstić information content (AvgIpc) is 3.33. The molecule has 7 nitrogen and oxygen atoms in total. The molecule has 2 aliphatic rings. The molecule has 2 aromatic heterocycles. The van der Waals surface area contributed by atoms with Gasteiger partial charge in [-0.05, 0) is 31.4 Å². The number of nitrogens with zero attached hydrogens (tertiary/aromatic N) is 4. The standard InChI is InChI=1S/C20H19ClFN5O2/c21-13-4-3-5-14(22)19(13)27-17-10-29-9-15(12(17)8-24-27)25-20(28)18-16-6-1-2-7-26(16)11-23-18/h3-5,8,11,15H,1-2,6-7,9-10H2,(H,25,28)/t15-/m0/s1. The average molecular weight is 416 g/mol. The van der Waals surface area contributed by atoms with E-state index >= 15 is 0 Å². The molecule has 0 unspecified atom stereocenters. The number of imidazole rings is 1. The van der Waals surface area contributed by atoms with Gasteiger partial charge >= 0.3 is 0 Å². The third-order valence-corrected chi connectivity index (χ3v) is 5.78. The van der Waals surface area contributed by atoms with Crippen molar-refractivity contribution in [3.05, 3.63) is 64.2 Å². The Kier molecular flexibility index (Phi) is 4.60. The van der Waals surface area contributed by atoms with Crippen molar-refractivity contribution in [1.82, 2.24) is 24.6 Å². The number of amides is 1. The van der Waals surface area contributed by atoms with Crippen LogP contribution in [0.25, 0.3) is 5.69 Å². The van der Waals surface area contributed by atoms with Gasteiger partial charge in [0.2, 0.25) is 0 Å². The normalized spacial score (nSPS) is 18.2. The van der Waals surface area contributed by atoms with Gasteiger partial charge in [-0.1, -0.05) is 17.7 Å². The molecule has 9 heteroatoms. The van der Waals surface area contributed by atoms with Crippen LogP contribution in [-0.2, 0) is 24.3 Å². The molecule has 150 valence electrons. The lowest BCUT2D eigenvalue weighted by Crippen LogP contribution is -2.35. The summed E-state index contributed by atoms with van der Waals surface area (Å²) in [5.74, 6) is -0.710.